The van der Waals surface area contributed by atoms with Gasteiger partial charge in [0.2, 0.25) is 0 Å². The lowest BCUT2D eigenvalue weighted by atomic mass is 9.95. The third kappa shape index (κ3) is 4.20. The summed E-state index contributed by atoms with van der Waals surface area (Å²) >= 11 is 0. The molecule has 0 aliphatic rings. The highest BCUT2D eigenvalue weighted by atomic mass is 19.3. The molecule has 0 aliphatic heterocycles. The van der Waals surface area contributed by atoms with E-state index < -0.39 is 6.43 Å². The summed E-state index contributed by atoms with van der Waals surface area (Å²) in [6, 6.07) is 0. The van der Waals surface area contributed by atoms with Gasteiger partial charge in [-0.05, 0) is 31.8 Å². The topological polar surface area (TPSA) is 0 Å². The van der Waals surface area contributed by atoms with Gasteiger partial charge in [-0.3, -0.25) is 0 Å². The standard InChI is InChI=1S/C11H18F2/c1-7(2)9(5)6-10(8(3)4)11(12)13/h7,11H,5-6H2,1-4H3. The maximum atomic E-state index is 12.5. The Morgan fingerprint density at radius 3 is 1.92 bits per heavy atom. The van der Waals surface area contributed by atoms with Crippen LogP contribution in [0.5, 0.6) is 0 Å². The van der Waals surface area contributed by atoms with Gasteiger partial charge in [-0.15, -0.1) is 0 Å². The van der Waals surface area contributed by atoms with E-state index in [0.717, 1.165) is 5.57 Å². The minimum Gasteiger partial charge on any atom is -0.205 e. The lowest BCUT2D eigenvalue weighted by molar-refractivity contribution is 0.185. The first-order valence-corrected chi connectivity index (χ1v) is 4.48. The van der Waals surface area contributed by atoms with Crippen LogP contribution in [-0.2, 0) is 0 Å². The molecule has 0 heterocycles. The number of allylic oxidation sites excluding steroid dienone is 3. The minimum atomic E-state index is -2.35. The molecule has 13 heavy (non-hydrogen) atoms. The predicted molar refractivity (Wildman–Crippen MR) is 53.0 cm³/mol. The number of rotatable bonds is 4. The second-order valence-electron chi connectivity index (χ2n) is 3.82. The molecule has 0 atom stereocenters. The third-order valence-corrected chi connectivity index (χ3v) is 2.14. The fraction of sp³-hybridized carbons (Fsp3) is 0.636. The van der Waals surface area contributed by atoms with Gasteiger partial charge in [0, 0.05) is 0 Å². The SMILES string of the molecule is C=C(CC(=C(C)C)C(F)F)C(C)C. The van der Waals surface area contributed by atoms with Crippen LogP contribution in [0.1, 0.15) is 34.1 Å². The van der Waals surface area contributed by atoms with Gasteiger partial charge in [0.15, 0.2) is 0 Å². The van der Waals surface area contributed by atoms with Crippen molar-refractivity contribution in [3.63, 3.8) is 0 Å². The molecule has 2 heteroatoms. The highest BCUT2D eigenvalue weighted by Gasteiger charge is 2.14. The van der Waals surface area contributed by atoms with Crippen LogP contribution in [0, 0.1) is 5.92 Å². The van der Waals surface area contributed by atoms with E-state index in [1.165, 1.54) is 0 Å². The van der Waals surface area contributed by atoms with Crippen molar-refractivity contribution < 1.29 is 8.78 Å². The summed E-state index contributed by atoms with van der Waals surface area (Å²) in [7, 11) is 0. The molecular weight excluding hydrogens is 170 g/mol. The van der Waals surface area contributed by atoms with Crippen LogP contribution in [0.25, 0.3) is 0 Å². The van der Waals surface area contributed by atoms with Crippen LogP contribution in [0.2, 0.25) is 0 Å². The molecule has 76 valence electrons. The second kappa shape index (κ2) is 5.15. The van der Waals surface area contributed by atoms with Crippen molar-refractivity contribution in [1.82, 2.24) is 0 Å². The third-order valence-electron chi connectivity index (χ3n) is 2.14. The average Bonchev–Trinajstić information content (AvgIpc) is 1.97. The van der Waals surface area contributed by atoms with E-state index in [4.69, 9.17) is 0 Å². The molecule has 0 saturated carbocycles. The van der Waals surface area contributed by atoms with E-state index in [1.807, 2.05) is 13.8 Å². The van der Waals surface area contributed by atoms with Crippen LogP contribution in [0.4, 0.5) is 8.78 Å². The van der Waals surface area contributed by atoms with Crippen LogP contribution in [0.15, 0.2) is 23.3 Å². The fourth-order valence-corrected chi connectivity index (χ4v) is 0.921. The van der Waals surface area contributed by atoms with Gasteiger partial charge in [0.25, 0.3) is 6.43 Å². The number of halogens is 2. The quantitative estimate of drug-likeness (QED) is 0.580. The molecular formula is C11H18F2. The molecule has 0 saturated heterocycles. The lowest BCUT2D eigenvalue weighted by Gasteiger charge is -2.13. The van der Waals surface area contributed by atoms with Gasteiger partial charge in [-0.25, -0.2) is 8.78 Å². The van der Waals surface area contributed by atoms with E-state index in [9.17, 15) is 8.78 Å². The Balaban J connectivity index is 4.48. The Kier molecular flexibility index (Phi) is 4.89. The van der Waals surface area contributed by atoms with Crippen molar-refractivity contribution in [3.05, 3.63) is 23.3 Å². The summed E-state index contributed by atoms with van der Waals surface area (Å²) in [5, 5.41) is 0. The maximum absolute atomic E-state index is 12.5. The van der Waals surface area contributed by atoms with E-state index in [-0.39, 0.29) is 11.5 Å². The summed E-state index contributed by atoms with van der Waals surface area (Å²) in [6.45, 7) is 11.2. The molecule has 0 N–H and O–H groups in total. The minimum absolute atomic E-state index is 0.221. The zero-order valence-corrected chi connectivity index (χ0v) is 8.82. The lowest BCUT2D eigenvalue weighted by Crippen LogP contribution is -2.03. The summed E-state index contributed by atoms with van der Waals surface area (Å²) < 4.78 is 24.9. The van der Waals surface area contributed by atoms with Gasteiger partial charge in [-0.1, -0.05) is 31.6 Å². The maximum Gasteiger partial charge on any atom is 0.260 e. The molecule has 0 aromatic heterocycles. The van der Waals surface area contributed by atoms with Crippen LogP contribution in [-0.4, -0.2) is 6.43 Å². The van der Waals surface area contributed by atoms with Crippen molar-refractivity contribution in [3.8, 4) is 0 Å². The molecule has 0 nitrogen and oxygen atoms in total. The molecule has 0 aromatic carbocycles. The Hall–Kier alpha value is -0.660. The van der Waals surface area contributed by atoms with Crippen molar-refractivity contribution in [2.45, 2.75) is 40.5 Å². The number of hydrogen-bond acceptors (Lipinski definition) is 0. The summed E-state index contributed by atoms with van der Waals surface area (Å²) in [4.78, 5) is 0. The van der Waals surface area contributed by atoms with Crippen LogP contribution < -0.4 is 0 Å². The molecule has 0 fully saturated rings. The molecule has 0 spiro atoms. The molecule has 0 rings (SSSR count). The van der Waals surface area contributed by atoms with Gasteiger partial charge < -0.3 is 0 Å². The first kappa shape index (κ1) is 12.3. The zero-order chi connectivity index (χ0) is 10.6. The van der Waals surface area contributed by atoms with Crippen LogP contribution >= 0.6 is 0 Å². The molecule has 0 aromatic rings. The van der Waals surface area contributed by atoms with Gasteiger partial charge >= 0.3 is 0 Å². The zero-order valence-electron chi connectivity index (χ0n) is 8.82. The molecule has 0 bridgehead atoms. The summed E-state index contributed by atoms with van der Waals surface area (Å²) in [5.41, 5.74) is 1.80. The Morgan fingerprint density at radius 2 is 1.69 bits per heavy atom. The van der Waals surface area contributed by atoms with Gasteiger partial charge in [-0.2, -0.15) is 0 Å². The van der Waals surface area contributed by atoms with Crippen molar-refractivity contribution in [2.75, 3.05) is 0 Å². The second-order valence-corrected chi connectivity index (χ2v) is 3.82. The smallest absolute Gasteiger partial charge is 0.205 e. The largest absolute Gasteiger partial charge is 0.260 e. The van der Waals surface area contributed by atoms with E-state index >= 15 is 0 Å². The van der Waals surface area contributed by atoms with E-state index in [0.29, 0.717) is 12.0 Å². The molecule has 0 aliphatic carbocycles. The molecule has 0 amide bonds. The summed E-state index contributed by atoms with van der Waals surface area (Å²) in [6.07, 6.45) is -2.02. The first-order chi connectivity index (χ1) is 5.86. The first-order valence-electron chi connectivity index (χ1n) is 4.48. The summed E-state index contributed by atoms with van der Waals surface area (Å²) in [5.74, 6) is 0.271. The molecule has 0 unspecified atom stereocenters. The molecule has 0 radical (unpaired) electrons. The average molecular weight is 188 g/mol. The highest BCUT2D eigenvalue weighted by Crippen LogP contribution is 2.24. The Morgan fingerprint density at radius 1 is 1.23 bits per heavy atom. The number of alkyl halides is 2. The predicted octanol–water partition coefficient (Wildman–Crippen LogP) is 4.19. The highest BCUT2D eigenvalue weighted by molar-refractivity contribution is 5.20. The Labute approximate surface area is 79.3 Å². The fourth-order valence-electron chi connectivity index (χ4n) is 0.921. The van der Waals surface area contributed by atoms with Crippen molar-refractivity contribution in [1.29, 1.82) is 0 Å². The van der Waals surface area contributed by atoms with Crippen LogP contribution in [0.3, 0.4) is 0 Å². The van der Waals surface area contributed by atoms with E-state index in [1.54, 1.807) is 13.8 Å². The van der Waals surface area contributed by atoms with Gasteiger partial charge in [0.1, 0.15) is 0 Å². The van der Waals surface area contributed by atoms with Crippen molar-refractivity contribution in [2.24, 2.45) is 5.92 Å². The van der Waals surface area contributed by atoms with Crippen molar-refractivity contribution >= 4 is 0 Å². The van der Waals surface area contributed by atoms with Gasteiger partial charge in [0.05, 0.1) is 0 Å². The number of hydrogen-bond donors (Lipinski definition) is 0. The normalized spacial score (nSPS) is 10.8. The van der Waals surface area contributed by atoms with E-state index in [2.05, 4.69) is 6.58 Å². The Bertz CT molecular complexity index is 208. The monoisotopic (exact) mass is 188 g/mol.